The summed E-state index contributed by atoms with van der Waals surface area (Å²) in [7, 11) is 0. The number of rotatable bonds is 6. The highest BCUT2D eigenvalue weighted by Gasteiger charge is 2.56. The van der Waals surface area contributed by atoms with E-state index >= 15 is 0 Å². The first-order valence-corrected chi connectivity index (χ1v) is 7.15. The second-order valence-corrected chi connectivity index (χ2v) is 5.66. The zero-order valence-corrected chi connectivity index (χ0v) is 10.8. The smallest absolute Gasteiger partial charge is 0.223 e. The average Bonchev–Trinajstić information content (AvgIpc) is 2.78. The number of hydrogen-bond acceptors (Lipinski definition) is 1. The van der Waals surface area contributed by atoms with Crippen LogP contribution in [0.25, 0.3) is 0 Å². The van der Waals surface area contributed by atoms with Crippen LogP contribution in [-0.4, -0.2) is 18.3 Å². The molecule has 3 unspecified atom stereocenters. The third kappa shape index (κ3) is 2.53. The van der Waals surface area contributed by atoms with Gasteiger partial charge in [0.2, 0.25) is 5.91 Å². The summed E-state index contributed by atoms with van der Waals surface area (Å²) in [6, 6.07) is 0. The lowest BCUT2D eigenvalue weighted by Gasteiger charge is -2.14. The molecule has 3 heteroatoms. The maximum absolute atomic E-state index is 11.9. The summed E-state index contributed by atoms with van der Waals surface area (Å²) in [4.78, 5) is 11.9. The highest BCUT2D eigenvalue weighted by atomic mass is 35.5. The largest absolute Gasteiger partial charge is 0.356 e. The normalized spacial score (nSPS) is 33.2. The van der Waals surface area contributed by atoms with Crippen LogP contribution < -0.4 is 5.32 Å². The molecule has 1 N–H and O–H groups in total. The van der Waals surface area contributed by atoms with E-state index in [0.717, 1.165) is 31.2 Å². The maximum atomic E-state index is 11.9. The Morgan fingerprint density at radius 2 is 2.12 bits per heavy atom. The van der Waals surface area contributed by atoms with Gasteiger partial charge in [0, 0.05) is 18.3 Å². The van der Waals surface area contributed by atoms with Gasteiger partial charge in [-0.25, -0.2) is 0 Å². The summed E-state index contributed by atoms with van der Waals surface area (Å²) in [5, 5.41) is 3.11. The van der Waals surface area contributed by atoms with E-state index in [-0.39, 0.29) is 0 Å². The van der Waals surface area contributed by atoms with Crippen molar-refractivity contribution in [2.24, 2.45) is 23.7 Å². The Morgan fingerprint density at radius 3 is 2.69 bits per heavy atom. The van der Waals surface area contributed by atoms with Crippen molar-refractivity contribution in [1.82, 2.24) is 5.32 Å². The molecule has 0 saturated heterocycles. The molecule has 0 spiro atoms. The third-order valence-corrected chi connectivity index (χ3v) is 4.59. The van der Waals surface area contributed by atoms with Gasteiger partial charge in [-0.1, -0.05) is 19.8 Å². The first-order valence-electron chi connectivity index (χ1n) is 6.61. The minimum Gasteiger partial charge on any atom is -0.356 e. The van der Waals surface area contributed by atoms with E-state index in [1.54, 1.807) is 0 Å². The van der Waals surface area contributed by atoms with Crippen LogP contribution in [0.4, 0.5) is 0 Å². The molecule has 1 amide bonds. The summed E-state index contributed by atoms with van der Waals surface area (Å²) < 4.78 is 0. The highest BCUT2D eigenvalue weighted by Crippen LogP contribution is 2.57. The molecule has 2 fully saturated rings. The molecule has 0 aromatic carbocycles. The van der Waals surface area contributed by atoms with E-state index in [9.17, 15) is 4.79 Å². The van der Waals surface area contributed by atoms with Crippen molar-refractivity contribution in [3.8, 4) is 0 Å². The molecule has 2 saturated carbocycles. The number of nitrogens with one attached hydrogen (secondary N) is 1. The zero-order chi connectivity index (χ0) is 11.5. The Labute approximate surface area is 103 Å². The van der Waals surface area contributed by atoms with Gasteiger partial charge in [0.1, 0.15) is 0 Å². The molecule has 0 aromatic rings. The summed E-state index contributed by atoms with van der Waals surface area (Å²) in [6.45, 7) is 2.98. The minimum absolute atomic E-state index is 0.308. The lowest BCUT2D eigenvalue weighted by molar-refractivity contribution is -0.123. The predicted octanol–water partition coefficient (Wildman–Crippen LogP) is 2.80. The van der Waals surface area contributed by atoms with Crippen molar-refractivity contribution in [1.29, 1.82) is 0 Å². The van der Waals surface area contributed by atoms with Crippen LogP contribution in [0.1, 0.15) is 39.0 Å². The molecule has 2 nitrogen and oxygen atoms in total. The van der Waals surface area contributed by atoms with Crippen LogP contribution in [-0.2, 0) is 4.79 Å². The number of fused-ring (bicyclic) bond motifs is 1. The topological polar surface area (TPSA) is 29.1 Å². The van der Waals surface area contributed by atoms with Gasteiger partial charge in [0.25, 0.3) is 0 Å². The standard InChI is InChI=1S/C13H22ClNO/c1-2-9(6-7-14)8-15-13(16)12-10-4-3-5-11(10)12/h9-12H,2-8H2,1H3,(H,15,16). The first-order chi connectivity index (χ1) is 7.77. The third-order valence-electron chi connectivity index (χ3n) is 4.37. The van der Waals surface area contributed by atoms with Crippen LogP contribution in [0.5, 0.6) is 0 Å². The number of carbonyl (C=O) groups is 1. The molecule has 16 heavy (non-hydrogen) atoms. The van der Waals surface area contributed by atoms with E-state index < -0.39 is 0 Å². The van der Waals surface area contributed by atoms with Crippen molar-refractivity contribution in [2.45, 2.75) is 39.0 Å². The van der Waals surface area contributed by atoms with Gasteiger partial charge in [-0.05, 0) is 37.0 Å². The predicted molar refractivity (Wildman–Crippen MR) is 66.4 cm³/mol. The van der Waals surface area contributed by atoms with E-state index in [0.29, 0.717) is 23.6 Å². The number of alkyl halides is 1. The van der Waals surface area contributed by atoms with E-state index in [2.05, 4.69) is 12.2 Å². The number of carbonyl (C=O) groups excluding carboxylic acids is 1. The number of halogens is 1. The summed E-state index contributed by atoms with van der Waals surface area (Å²) in [5.41, 5.74) is 0. The molecule has 0 radical (unpaired) electrons. The quantitative estimate of drug-likeness (QED) is 0.715. The molecule has 2 rings (SSSR count). The van der Waals surface area contributed by atoms with Crippen LogP contribution in [0.3, 0.4) is 0 Å². The van der Waals surface area contributed by atoms with E-state index in [4.69, 9.17) is 11.6 Å². The highest BCUT2D eigenvalue weighted by molar-refractivity contribution is 6.17. The molecule has 0 aromatic heterocycles. The maximum Gasteiger partial charge on any atom is 0.223 e. The van der Waals surface area contributed by atoms with Gasteiger partial charge in [-0.2, -0.15) is 0 Å². The monoisotopic (exact) mass is 243 g/mol. The van der Waals surface area contributed by atoms with Gasteiger partial charge >= 0.3 is 0 Å². The Hall–Kier alpha value is -0.240. The lowest BCUT2D eigenvalue weighted by atomic mass is 10.0. The SMILES string of the molecule is CCC(CCCl)CNC(=O)C1C2CCCC21. The Balaban J connectivity index is 1.68. The Morgan fingerprint density at radius 1 is 1.44 bits per heavy atom. The second kappa shape index (κ2) is 5.39. The summed E-state index contributed by atoms with van der Waals surface area (Å²) in [6.07, 6.45) is 6.01. The fourth-order valence-corrected chi connectivity index (χ4v) is 3.49. The molecule has 2 aliphatic rings. The second-order valence-electron chi connectivity index (χ2n) is 5.28. The minimum atomic E-state index is 0.308. The number of hydrogen-bond donors (Lipinski definition) is 1. The molecule has 0 bridgehead atoms. The van der Waals surface area contributed by atoms with Crippen molar-refractivity contribution in [3.05, 3.63) is 0 Å². The van der Waals surface area contributed by atoms with Crippen LogP contribution >= 0.6 is 11.6 Å². The fourth-order valence-electron chi connectivity index (χ4n) is 3.18. The van der Waals surface area contributed by atoms with Gasteiger partial charge in [0.15, 0.2) is 0 Å². The molecule has 0 aliphatic heterocycles. The molecule has 92 valence electrons. The zero-order valence-electron chi connectivity index (χ0n) is 10.0. The molecule has 3 atom stereocenters. The molecule has 2 aliphatic carbocycles. The van der Waals surface area contributed by atoms with Gasteiger partial charge in [-0.15, -0.1) is 11.6 Å². The van der Waals surface area contributed by atoms with Crippen LogP contribution in [0.2, 0.25) is 0 Å². The Bertz CT molecular complexity index is 246. The van der Waals surface area contributed by atoms with Crippen molar-refractivity contribution >= 4 is 17.5 Å². The van der Waals surface area contributed by atoms with Crippen molar-refractivity contribution in [3.63, 3.8) is 0 Å². The Kier molecular flexibility index (Phi) is 4.12. The molecular weight excluding hydrogens is 222 g/mol. The van der Waals surface area contributed by atoms with Crippen LogP contribution in [0, 0.1) is 23.7 Å². The summed E-state index contributed by atoms with van der Waals surface area (Å²) >= 11 is 5.73. The van der Waals surface area contributed by atoms with Gasteiger partial charge < -0.3 is 5.32 Å². The van der Waals surface area contributed by atoms with Crippen LogP contribution in [0.15, 0.2) is 0 Å². The van der Waals surface area contributed by atoms with Crippen molar-refractivity contribution < 1.29 is 4.79 Å². The molecular formula is C13H22ClNO. The average molecular weight is 244 g/mol. The van der Waals surface area contributed by atoms with Gasteiger partial charge in [0.05, 0.1) is 0 Å². The van der Waals surface area contributed by atoms with Crippen molar-refractivity contribution in [2.75, 3.05) is 12.4 Å². The fraction of sp³-hybridized carbons (Fsp3) is 0.923. The first kappa shape index (κ1) is 12.2. The van der Waals surface area contributed by atoms with E-state index in [1.165, 1.54) is 19.3 Å². The number of amides is 1. The lowest BCUT2D eigenvalue weighted by Crippen LogP contribution is -2.31. The van der Waals surface area contributed by atoms with E-state index in [1.807, 2.05) is 0 Å². The van der Waals surface area contributed by atoms with Gasteiger partial charge in [-0.3, -0.25) is 4.79 Å². The molecule has 0 heterocycles. The summed E-state index contributed by atoms with van der Waals surface area (Å²) in [5.74, 6) is 3.38.